The largest absolute Gasteiger partial charge is 0.278 e. The predicted octanol–water partition coefficient (Wildman–Crippen LogP) is 7.09. The Bertz CT molecular complexity index is 1540. The van der Waals surface area contributed by atoms with Crippen molar-refractivity contribution in [3.63, 3.8) is 0 Å². The molecule has 0 aliphatic heterocycles. The molecule has 0 saturated carbocycles. The Labute approximate surface area is 193 Å². The molecule has 0 N–H and O–H groups in total. The maximum atomic E-state index is 4.95. The van der Waals surface area contributed by atoms with Gasteiger partial charge in [0.1, 0.15) is 0 Å². The van der Waals surface area contributed by atoms with Crippen LogP contribution in [0.1, 0.15) is 18.3 Å². The van der Waals surface area contributed by atoms with Crippen LogP contribution in [0.25, 0.3) is 44.7 Å². The van der Waals surface area contributed by atoms with Gasteiger partial charge in [0, 0.05) is 21.9 Å². The van der Waals surface area contributed by atoms with E-state index in [0.717, 1.165) is 22.2 Å². The molecule has 160 valence electrons. The molecule has 0 aliphatic carbocycles. The van der Waals surface area contributed by atoms with E-state index in [1.165, 1.54) is 16.3 Å². The van der Waals surface area contributed by atoms with Gasteiger partial charge in [-0.25, -0.2) is 4.98 Å². The molecule has 4 heteroatoms. The number of para-hydroxylation sites is 2. The molecule has 33 heavy (non-hydrogen) atoms. The minimum Gasteiger partial charge on any atom is -0.278 e. The van der Waals surface area contributed by atoms with Crippen molar-refractivity contribution in [3.05, 3.63) is 115 Å². The van der Waals surface area contributed by atoms with Crippen molar-refractivity contribution < 1.29 is 0 Å². The van der Waals surface area contributed by atoms with Gasteiger partial charge < -0.3 is 0 Å². The molecule has 0 spiro atoms. The van der Waals surface area contributed by atoms with Crippen LogP contribution in [-0.2, 0) is 0 Å². The Kier molecular flexibility index (Phi) is 5.41. The van der Waals surface area contributed by atoms with Crippen LogP contribution >= 0.6 is 0 Å². The summed E-state index contributed by atoms with van der Waals surface area (Å²) in [6, 6.07) is 24.8. The highest BCUT2D eigenvalue weighted by molar-refractivity contribution is 6.10. The molecule has 5 rings (SSSR count). The minimum absolute atomic E-state index is 0.603. The predicted molar refractivity (Wildman–Crippen MR) is 137 cm³/mol. The smallest absolute Gasteiger partial charge is 0.238 e. The van der Waals surface area contributed by atoms with Crippen LogP contribution < -0.4 is 0 Å². The summed E-state index contributed by atoms with van der Waals surface area (Å²) in [5.41, 5.74) is 5.21. The van der Waals surface area contributed by atoms with Gasteiger partial charge in [-0.05, 0) is 25.5 Å². The monoisotopic (exact) mass is 428 g/mol. The first-order valence-corrected chi connectivity index (χ1v) is 11.0. The first-order chi connectivity index (χ1) is 16.2. The fraction of sp³-hybridized carbons (Fsp3) is 0.0690. The van der Waals surface area contributed by atoms with Crippen molar-refractivity contribution in [2.75, 3.05) is 0 Å². The fourth-order valence-electron chi connectivity index (χ4n) is 4.18. The molecule has 0 bridgehead atoms. The molecule has 4 nitrogen and oxygen atoms in total. The average Bonchev–Trinajstić information content (AvgIpc) is 3.21. The normalized spacial score (nSPS) is 12.1. The SMILES string of the molecule is C=C/C=C\C(=C/C)c1nc(-c2ccccc2)nc(-n2c3ccccc3c3cccc(C)c32)n1. The number of fused-ring (bicyclic) bond motifs is 3. The minimum atomic E-state index is 0.603. The summed E-state index contributed by atoms with van der Waals surface area (Å²) >= 11 is 0. The van der Waals surface area contributed by atoms with Gasteiger partial charge in [-0.2, -0.15) is 9.97 Å². The van der Waals surface area contributed by atoms with Crippen LogP contribution in [-0.4, -0.2) is 19.5 Å². The van der Waals surface area contributed by atoms with E-state index in [9.17, 15) is 0 Å². The molecule has 0 radical (unpaired) electrons. The van der Waals surface area contributed by atoms with Gasteiger partial charge in [0.25, 0.3) is 0 Å². The van der Waals surface area contributed by atoms with Crippen LogP contribution in [0.5, 0.6) is 0 Å². The fourth-order valence-corrected chi connectivity index (χ4v) is 4.18. The third-order valence-electron chi connectivity index (χ3n) is 5.73. The molecule has 0 atom stereocenters. The number of hydrogen-bond acceptors (Lipinski definition) is 3. The van der Waals surface area contributed by atoms with Gasteiger partial charge >= 0.3 is 0 Å². The summed E-state index contributed by atoms with van der Waals surface area (Å²) < 4.78 is 2.15. The van der Waals surface area contributed by atoms with E-state index < -0.39 is 0 Å². The van der Waals surface area contributed by atoms with E-state index in [0.29, 0.717) is 17.6 Å². The maximum Gasteiger partial charge on any atom is 0.238 e. The standard InChI is InChI=1S/C29H24N4/c1-4-6-14-21(5-2)27-30-28(22-15-8-7-9-16-22)32-29(31-27)33-25-19-11-10-17-23(25)24-18-12-13-20(3)26(24)33/h4-19H,1H2,2-3H3/b14-6-,21-5+. The first-order valence-electron chi connectivity index (χ1n) is 11.0. The molecule has 2 heterocycles. The second-order valence-electron chi connectivity index (χ2n) is 7.81. The zero-order valence-electron chi connectivity index (χ0n) is 18.7. The Balaban J connectivity index is 1.87. The molecule has 0 aliphatic rings. The highest BCUT2D eigenvalue weighted by atomic mass is 15.2. The molecule has 0 saturated heterocycles. The number of hydrogen-bond donors (Lipinski definition) is 0. The van der Waals surface area contributed by atoms with Crippen molar-refractivity contribution in [1.29, 1.82) is 0 Å². The van der Waals surface area contributed by atoms with Gasteiger partial charge in [-0.3, -0.25) is 4.57 Å². The zero-order chi connectivity index (χ0) is 22.8. The molecule has 2 aromatic heterocycles. The summed E-state index contributed by atoms with van der Waals surface area (Å²) in [5.74, 6) is 1.87. The molecule has 0 fully saturated rings. The van der Waals surface area contributed by atoms with Gasteiger partial charge in [0.05, 0.1) is 11.0 Å². The molecule has 0 amide bonds. The number of benzene rings is 3. The average molecular weight is 429 g/mol. The lowest BCUT2D eigenvalue weighted by molar-refractivity contribution is 0.930. The number of nitrogens with zero attached hydrogens (tertiary/aromatic N) is 4. The highest BCUT2D eigenvalue weighted by Gasteiger charge is 2.18. The van der Waals surface area contributed by atoms with Crippen LogP contribution in [0.15, 0.2) is 104 Å². The number of allylic oxidation sites excluding steroid dienone is 5. The van der Waals surface area contributed by atoms with Gasteiger partial charge in [-0.15, -0.1) is 0 Å². The van der Waals surface area contributed by atoms with Crippen molar-refractivity contribution in [2.24, 2.45) is 0 Å². The third kappa shape index (κ3) is 3.66. The highest BCUT2D eigenvalue weighted by Crippen LogP contribution is 2.33. The number of aromatic nitrogens is 4. The topological polar surface area (TPSA) is 43.6 Å². The summed E-state index contributed by atoms with van der Waals surface area (Å²) in [4.78, 5) is 14.7. The number of aryl methyl sites for hydroxylation is 1. The molecular formula is C29H24N4. The van der Waals surface area contributed by atoms with Gasteiger partial charge in [0.2, 0.25) is 5.95 Å². The first kappa shape index (κ1) is 20.6. The van der Waals surface area contributed by atoms with Crippen LogP contribution in [0.3, 0.4) is 0 Å². The molecule has 0 unspecified atom stereocenters. The Morgan fingerprint density at radius 1 is 0.848 bits per heavy atom. The summed E-state index contributed by atoms with van der Waals surface area (Å²) in [5, 5.41) is 2.36. The Morgan fingerprint density at radius 3 is 2.39 bits per heavy atom. The van der Waals surface area contributed by atoms with E-state index in [2.05, 4.69) is 60.5 Å². The lowest BCUT2D eigenvalue weighted by atomic mass is 10.1. The van der Waals surface area contributed by atoms with Gasteiger partial charge in [-0.1, -0.05) is 97.6 Å². The van der Waals surface area contributed by atoms with E-state index in [1.54, 1.807) is 6.08 Å². The van der Waals surface area contributed by atoms with E-state index in [4.69, 9.17) is 15.0 Å². The van der Waals surface area contributed by atoms with E-state index in [-0.39, 0.29) is 0 Å². The van der Waals surface area contributed by atoms with Gasteiger partial charge in [0.15, 0.2) is 11.6 Å². The van der Waals surface area contributed by atoms with Crippen LogP contribution in [0, 0.1) is 6.92 Å². The Morgan fingerprint density at radius 2 is 1.61 bits per heavy atom. The molecule has 5 aromatic rings. The van der Waals surface area contributed by atoms with Crippen molar-refractivity contribution in [1.82, 2.24) is 19.5 Å². The summed E-state index contributed by atoms with van der Waals surface area (Å²) in [6.07, 6.45) is 7.62. The summed E-state index contributed by atoms with van der Waals surface area (Å²) in [7, 11) is 0. The van der Waals surface area contributed by atoms with Crippen molar-refractivity contribution >= 4 is 27.4 Å². The Hall–Kier alpha value is -4.31. The van der Waals surface area contributed by atoms with Crippen LogP contribution in [0.2, 0.25) is 0 Å². The second-order valence-corrected chi connectivity index (χ2v) is 7.81. The third-order valence-corrected chi connectivity index (χ3v) is 5.73. The number of rotatable bonds is 5. The van der Waals surface area contributed by atoms with E-state index in [1.807, 2.05) is 55.5 Å². The lowest BCUT2D eigenvalue weighted by Gasteiger charge is -2.12. The summed E-state index contributed by atoms with van der Waals surface area (Å²) in [6.45, 7) is 7.90. The quantitative estimate of drug-likeness (QED) is 0.281. The van der Waals surface area contributed by atoms with E-state index >= 15 is 0 Å². The zero-order valence-corrected chi connectivity index (χ0v) is 18.7. The van der Waals surface area contributed by atoms with Crippen LogP contribution in [0.4, 0.5) is 0 Å². The van der Waals surface area contributed by atoms with Crippen molar-refractivity contribution in [2.45, 2.75) is 13.8 Å². The maximum absolute atomic E-state index is 4.95. The van der Waals surface area contributed by atoms with Crippen molar-refractivity contribution in [3.8, 4) is 17.3 Å². The molecular weight excluding hydrogens is 404 g/mol. The lowest BCUT2D eigenvalue weighted by Crippen LogP contribution is -2.08. The molecule has 3 aromatic carbocycles. The second kappa shape index (κ2) is 8.67.